The van der Waals surface area contributed by atoms with Crippen LogP contribution in [0.5, 0.6) is 0 Å². The number of fused-ring (bicyclic) bond motifs is 2. The van der Waals surface area contributed by atoms with Crippen LogP contribution in [0.25, 0.3) is 22.6 Å². The van der Waals surface area contributed by atoms with Crippen molar-refractivity contribution in [2.45, 2.75) is 37.3 Å². The van der Waals surface area contributed by atoms with Gasteiger partial charge in [-0.15, -0.1) is 0 Å². The lowest BCUT2D eigenvalue weighted by Gasteiger charge is -2.23. The van der Waals surface area contributed by atoms with Crippen LogP contribution in [0.3, 0.4) is 0 Å². The zero-order valence-electron chi connectivity index (χ0n) is 22.2. The van der Waals surface area contributed by atoms with Crippen molar-refractivity contribution in [2.75, 3.05) is 11.1 Å². The van der Waals surface area contributed by atoms with Gasteiger partial charge in [-0.25, -0.2) is 24.3 Å². The minimum absolute atomic E-state index is 0.0653. The average molecular weight is 539 g/mol. The summed E-state index contributed by atoms with van der Waals surface area (Å²) in [6, 6.07) is 5.08. The zero-order chi connectivity index (χ0) is 30.1. The van der Waals surface area contributed by atoms with Crippen molar-refractivity contribution in [1.29, 1.82) is 0 Å². The predicted octanol–water partition coefficient (Wildman–Crippen LogP) is 3.93. The standard InChI is InChI=1S/C23H18F6N8O/c1-21(10-3-5-11(24)6-4-10)14-16(30)34-18(35-17(14)36-20(21)38)15-12-9-31-37(2)19(12)33-13(32-15)7-8-22(25,26)23(27,28)29/h3-6,9H,7-8H2,1-2H3,(H3,30,34,35,36,38)/i2D3. The first kappa shape index (κ1) is 21.8. The van der Waals surface area contributed by atoms with Gasteiger partial charge in [-0.05, 0) is 24.6 Å². The summed E-state index contributed by atoms with van der Waals surface area (Å²) >= 11 is 0. The Morgan fingerprint density at radius 3 is 2.47 bits per heavy atom. The van der Waals surface area contributed by atoms with E-state index in [0.29, 0.717) is 10.2 Å². The third kappa shape index (κ3) is 3.88. The number of hydrogen-bond acceptors (Lipinski definition) is 7. The molecule has 0 radical (unpaired) electrons. The molecule has 0 saturated heterocycles. The maximum absolute atomic E-state index is 13.6. The Labute approximate surface area is 214 Å². The van der Waals surface area contributed by atoms with Crippen LogP contribution >= 0.6 is 0 Å². The molecule has 1 amide bonds. The second-order valence-electron chi connectivity index (χ2n) is 8.73. The van der Waals surface area contributed by atoms with Crippen LogP contribution in [-0.4, -0.2) is 47.7 Å². The van der Waals surface area contributed by atoms with Crippen LogP contribution in [0.15, 0.2) is 30.5 Å². The molecule has 1 atom stereocenters. The summed E-state index contributed by atoms with van der Waals surface area (Å²) in [7, 11) is 0. The Kier molecular flexibility index (Phi) is 4.79. The lowest BCUT2D eigenvalue weighted by Crippen LogP contribution is -2.36. The number of nitrogens with one attached hydrogen (secondary N) is 1. The smallest absolute Gasteiger partial charge is 0.383 e. The first-order valence-electron chi connectivity index (χ1n) is 12.4. The molecule has 0 bridgehead atoms. The van der Waals surface area contributed by atoms with Crippen molar-refractivity contribution in [2.24, 2.45) is 6.98 Å². The molecule has 4 aromatic rings. The van der Waals surface area contributed by atoms with E-state index in [1.54, 1.807) is 0 Å². The van der Waals surface area contributed by atoms with E-state index in [9.17, 15) is 31.1 Å². The summed E-state index contributed by atoms with van der Waals surface area (Å²) < 4.78 is 103. The minimum Gasteiger partial charge on any atom is -0.383 e. The van der Waals surface area contributed by atoms with E-state index in [1.165, 1.54) is 19.1 Å². The molecule has 5 rings (SSSR count). The summed E-state index contributed by atoms with van der Waals surface area (Å²) in [5.41, 5.74) is 4.65. The molecule has 9 nitrogen and oxygen atoms in total. The number of carbonyl (C=O) groups is 1. The van der Waals surface area contributed by atoms with Gasteiger partial charge < -0.3 is 11.1 Å². The maximum atomic E-state index is 13.6. The molecule has 3 aromatic heterocycles. The fourth-order valence-corrected chi connectivity index (χ4v) is 4.22. The van der Waals surface area contributed by atoms with Gasteiger partial charge in [0, 0.05) is 23.9 Å². The van der Waals surface area contributed by atoms with E-state index in [4.69, 9.17) is 9.85 Å². The number of rotatable bonds is 5. The van der Waals surface area contributed by atoms with Crippen molar-refractivity contribution in [1.82, 2.24) is 29.7 Å². The van der Waals surface area contributed by atoms with Crippen LogP contribution in [0.2, 0.25) is 0 Å². The SMILES string of the molecule is [2H]C([2H])([2H])n1ncc2c(-c3nc(N)c4c(n3)NC(=O)C4(C)c3ccc(F)cc3)nc(CCC(F)(F)C(F)(F)F)nc21. The lowest BCUT2D eigenvalue weighted by molar-refractivity contribution is -0.284. The molecular formula is C23H18F6N8O. The van der Waals surface area contributed by atoms with Crippen LogP contribution in [-0.2, 0) is 23.6 Å². The number of anilines is 2. The second-order valence-corrected chi connectivity index (χ2v) is 8.73. The van der Waals surface area contributed by atoms with Crippen molar-refractivity contribution in [3.05, 3.63) is 53.2 Å². The average Bonchev–Trinajstić information content (AvgIpc) is 3.41. The second kappa shape index (κ2) is 8.36. The van der Waals surface area contributed by atoms with Gasteiger partial charge >= 0.3 is 12.1 Å². The normalized spacial score (nSPS) is 19.1. The van der Waals surface area contributed by atoms with Crippen LogP contribution in [0.4, 0.5) is 38.0 Å². The summed E-state index contributed by atoms with van der Waals surface area (Å²) in [6.45, 7) is -1.38. The molecule has 1 aliphatic rings. The highest BCUT2D eigenvalue weighted by atomic mass is 19.4. The van der Waals surface area contributed by atoms with Gasteiger partial charge in [0.2, 0.25) is 5.91 Å². The number of halogens is 6. The fraction of sp³-hybridized carbons (Fsp3) is 0.304. The van der Waals surface area contributed by atoms with Gasteiger partial charge in [-0.2, -0.15) is 27.1 Å². The topological polar surface area (TPSA) is 124 Å². The highest BCUT2D eigenvalue weighted by Gasteiger charge is 2.56. The van der Waals surface area contributed by atoms with E-state index in [-0.39, 0.29) is 34.1 Å². The molecule has 1 unspecified atom stereocenters. The van der Waals surface area contributed by atoms with Crippen LogP contribution in [0.1, 0.15) is 34.4 Å². The van der Waals surface area contributed by atoms with Crippen molar-refractivity contribution in [3.63, 3.8) is 0 Å². The number of nitrogens with zero attached hydrogens (tertiary/aromatic N) is 6. The summed E-state index contributed by atoms with van der Waals surface area (Å²) in [4.78, 5) is 29.5. The quantitative estimate of drug-likeness (QED) is 0.368. The summed E-state index contributed by atoms with van der Waals surface area (Å²) in [5, 5.41) is 6.25. The Balaban J connectivity index is 1.66. The number of nitrogen functional groups attached to an aromatic ring is 1. The third-order valence-electron chi connectivity index (χ3n) is 6.31. The molecule has 0 spiro atoms. The fourth-order valence-electron chi connectivity index (χ4n) is 4.22. The Morgan fingerprint density at radius 1 is 1.11 bits per heavy atom. The Morgan fingerprint density at radius 2 is 1.82 bits per heavy atom. The summed E-state index contributed by atoms with van der Waals surface area (Å²) in [6.07, 6.45) is -7.50. The molecule has 38 heavy (non-hydrogen) atoms. The number of nitrogens with two attached hydrogens (primary N) is 1. The highest BCUT2D eigenvalue weighted by molar-refractivity contribution is 6.09. The molecule has 4 heterocycles. The van der Waals surface area contributed by atoms with Crippen LogP contribution in [0, 0.1) is 5.82 Å². The first-order valence-corrected chi connectivity index (χ1v) is 10.9. The molecule has 1 aromatic carbocycles. The monoisotopic (exact) mass is 539 g/mol. The predicted molar refractivity (Wildman–Crippen MR) is 123 cm³/mol. The minimum atomic E-state index is -5.83. The van der Waals surface area contributed by atoms with E-state index >= 15 is 0 Å². The molecule has 1 aliphatic heterocycles. The molecule has 198 valence electrons. The van der Waals surface area contributed by atoms with Gasteiger partial charge in [0.25, 0.3) is 0 Å². The molecular weight excluding hydrogens is 518 g/mol. The Hall–Kier alpha value is -4.30. The number of amides is 1. The van der Waals surface area contributed by atoms with Gasteiger partial charge in [0.15, 0.2) is 11.5 Å². The van der Waals surface area contributed by atoms with Gasteiger partial charge in [-0.1, -0.05) is 12.1 Å². The number of aromatic nitrogens is 6. The lowest BCUT2D eigenvalue weighted by atomic mass is 9.78. The molecule has 0 aliphatic carbocycles. The Bertz CT molecular complexity index is 1690. The van der Waals surface area contributed by atoms with Crippen molar-refractivity contribution in [3.8, 4) is 11.5 Å². The maximum Gasteiger partial charge on any atom is 0.453 e. The van der Waals surface area contributed by atoms with Gasteiger partial charge in [-0.3, -0.25) is 9.48 Å². The summed E-state index contributed by atoms with van der Waals surface area (Å²) in [5.74, 6) is -7.35. The molecule has 0 fully saturated rings. The number of alkyl halides is 5. The van der Waals surface area contributed by atoms with Gasteiger partial charge in [0.05, 0.1) is 17.1 Å². The van der Waals surface area contributed by atoms with E-state index in [0.717, 1.165) is 18.3 Å². The van der Waals surface area contributed by atoms with E-state index in [1.807, 2.05) is 0 Å². The first-order chi connectivity index (χ1) is 18.9. The van der Waals surface area contributed by atoms with Gasteiger partial charge in [0.1, 0.15) is 34.4 Å². The van der Waals surface area contributed by atoms with Crippen molar-refractivity contribution < 1.29 is 35.2 Å². The number of benzene rings is 1. The van der Waals surface area contributed by atoms with E-state index < -0.39 is 60.5 Å². The molecule has 3 N–H and O–H groups in total. The number of hydrogen-bond donors (Lipinski definition) is 2. The molecule has 0 saturated carbocycles. The zero-order valence-corrected chi connectivity index (χ0v) is 19.2. The largest absolute Gasteiger partial charge is 0.453 e. The number of carbonyl (C=O) groups excluding carboxylic acids is 1. The third-order valence-corrected chi connectivity index (χ3v) is 6.31. The van der Waals surface area contributed by atoms with E-state index in [2.05, 4.69) is 30.4 Å². The number of aryl methyl sites for hydroxylation is 2. The van der Waals surface area contributed by atoms with Crippen LogP contribution < -0.4 is 11.1 Å². The molecule has 15 heteroatoms. The van der Waals surface area contributed by atoms with Crippen molar-refractivity contribution >= 4 is 28.6 Å². The highest BCUT2D eigenvalue weighted by Crippen LogP contribution is 2.45.